The summed E-state index contributed by atoms with van der Waals surface area (Å²) in [7, 11) is 0. The van der Waals surface area contributed by atoms with Gasteiger partial charge in [-0.2, -0.15) is 0 Å². The number of thiophene rings is 1. The Morgan fingerprint density at radius 2 is 1.71 bits per heavy atom. The van der Waals surface area contributed by atoms with Crippen LogP contribution in [0.15, 0.2) is 42.6 Å². The lowest BCUT2D eigenvalue weighted by atomic mass is 10.2. The van der Waals surface area contributed by atoms with Gasteiger partial charge < -0.3 is 10.1 Å². The molecule has 1 N–H and O–H groups in total. The number of aryl methyl sites for hydroxylation is 3. The van der Waals surface area contributed by atoms with Crippen molar-refractivity contribution in [2.24, 2.45) is 0 Å². The van der Waals surface area contributed by atoms with Gasteiger partial charge in [-0.15, -0.1) is 22.7 Å². The molecule has 6 nitrogen and oxygen atoms in total. The summed E-state index contributed by atoms with van der Waals surface area (Å²) in [5.41, 5.74) is 4.03. The highest BCUT2D eigenvalue weighted by Crippen LogP contribution is 2.39. The zero-order valence-corrected chi connectivity index (χ0v) is 21.4. The number of ether oxygens (including phenoxy) is 1. The van der Waals surface area contributed by atoms with Crippen molar-refractivity contribution < 1.29 is 4.74 Å². The predicted octanol–water partition coefficient (Wildman–Crippen LogP) is 6.47. The maximum atomic E-state index is 5.91. The van der Waals surface area contributed by atoms with E-state index in [0.29, 0.717) is 5.95 Å². The number of hydrogen-bond donors (Lipinski definition) is 1. The second-order valence-electron chi connectivity index (χ2n) is 8.58. The summed E-state index contributed by atoms with van der Waals surface area (Å²) in [4.78, 5) is 19.9. The molecule has 0 amide bonds. The number of likely N-dealkylation sites (tertiary alicyclic amines) is 1. The average molecular weight is 492 g/mol. The van der Waals surface area contributed by atoms with Crippen LogP contribution in [0.5, 0.6) is 5.75 Å². The maximum absolute atomic E-state index is 5.91. The van der Waals surface area contributed by atoms with Crippen molar-refractivity contribution in [1.29, 1.82) is 0 Å². The molecule has 1 saturated heterocycles. The summed E-state index contributed by atoms with van der Waals surface area (Å²) < 4.78 is 5.91. The van der Waals surface area contributed by atoms with Gasteiger partial charge in [0, 0.05) is 23.3 Å². The van der Waals surface area contributed by atoms with Gasteiger partial charge in [0.25, 0.3) is 0 Å². The van der Waals surface area contributed by atoms with Gasteiger partial charge in [-0.25, -0.2) is 15.0 Å². The monoisotopic (exact) mass is 491 g/mol. The van der Waals surface area contributed by atoms with E-state index < -0.39 is 0 Å². The summed E-state index contributed by atoms with van der Waals surface area (Å²) in [6, 6.07) is 12.3. The van der Waals surface area contributed by atoms with E-state index in [1.54, 1.807) is 22.7 Å². The van der Waals surface area contributed by atoms with E-state index in [4.69, 9.17) is 9.72 Å². The molecule has 176 valence electrons. The van der Waals surface area contributed by atoms with E-state index in [1.165, 1.54) is 35.7 Å². The van der Waals surface area contributed by atoms with Gasteiger partial charge in [-0.1, -0.05) is 0 Å². The summed E-state index contributed by atoms with van der Waals surface area (Å²) in [5.74, 6) is 1.47. The Morgan fingerprint density at radius 3 is 2.44 bits per heavy atom. The number of benzene rings is 1. The van der Waals surface area contributed by atoms with E-state index in [0.717, 1.165) is 51.4 Å². The molecule has 0 saturated carbocycles. The van der Waals surface area contributed by atoms with Crippen LogP contribution in [0.3, 0.4) is 0 Å². The Morgan fingerprint density at radius 1 is 0.941 bits per heavy atom. The highest BCUT2D eigenvalue weighted by atomic mass is 32.1. The van der Waals surface area contributed by atoms with Gasteiger partial charge >= 0.3 is 0 Å². The number of anilines is 2. The van der Waals surface area contributed by atoms with Crippen LogP contribution < -0.4 is 10.1 Å². The zero-order chi connectivity index (χ0) is 23.5. The highest BCUT2D eigenvalue weighted by molar-refractivity contribution is 7.23. The molecule has 3 aromatic heterocycles. The molecule has 1 aliphatic rings. The molecular weight excluding hydrogens is 462 g/mol. The van der Waals surface area contributed by atoms with Crippen LogP contribution in [0.2, 0.25) is 0 Å². The molecule has 1 aromatic carbocycles. The first-order valence-electron chi connectivity index (χ1n) is 11.7. The average Bonchev–Trinajstić information content (AvgIpc) is 3.58. The van der Waals surface area contributed by atoms with Crippen LogP contribution in [-0.2, 0) is 0 Å². The Bertz CT molecular complexity index is 1260. The normalized spacial score (nSPS) is 14.0. The maximum Gasteiger partial charge on any atom is 0.227 e. The lowest BCUT2D eigenvalue weighted by Crippen LogP contribution is -2.25. The lowest BCUT2D eigenvalue weighted by molar-refractivity contribution is 0.238. The van der Waals surface area contributed by atoms with Crippen LogP contribution >= 0.6 is 22.7 Å². The van der Waals surface area contributed by atoms with Crippen LogP contribution in [0.4, 0.5) is 11.6 Å². The largest absolute Gasteiger partial charge is 0.492 e. The summed E-state index contributed by atoms with van der Waals surface area (Å²) in [6.07, 6.45) is 4.49. The number of rotatable bonds is 8. The third kappa shape index (κ3) is 5.29. The van der Waals surface area contributed by atoms with Crippen molar-refractivity contribution in [3.05, 3.63) is 58.9 Å². The fourth-order valence-corrected chi connectivity index (χ4v) is 6.30. The minimum Gasteiger partial charge on any atom is -0.492 e. The first-order valence-corrected chi connectivity index (χ1v) is 13.3. The van der Waals surface area contributed by atoms with Crippen molar-refractivity contribution >= 4 is 34.3 Å². The second-order valence-corrected chi connectivity index (χ2v) is 10.9. The number of aromatic nitrogens is 3. The van der Waals surface area contributed by atoms with E-state index >= 15 is 0 Å². The van der Waals surface area contributed by atoms with Gasteiger partial charge in [-0.05, 0) is 88.7 Å². The van der Waals surface area contributed by atoms with Gasteiger partial charge in [0.1, 0.15) is 12.4 Å². The van der Waals surface area contributed by atoms with Crippen LogP contribution in [0, 0.1) is 20.8 Å². The van der Waals surface area contributed by atoms with Gasteiger partial charge in [0.15, 0.2) is 0 Å². The molecule has 4 aromatic rings. The number of nitrogens with zero attached hydrogens (tertiary/aromatic N) is 4. The van der Waals surface area contributed by atoms with Crippen molar-refractivity contribution in [2.75, 3.05) is 31.6 Å². The number of thiazole rings is 1. The second kappa shape index (κ2) is 10.2. The van der Waals surface area contributed by atoms with Crippen molar-refractivity contribution in [3.63, 3.8) is 0 Å². The minimum absolute atomic E-state index is 0.586. The van der Waals surface area contributed by atoms with Crippen LogP contribution in [-0.4, -0.2) is 46.1 Å². The summed E-state index contributed by atoms with van der Waals surface area (Å²) >= 11 is 3.49. The molecule has 34 heavy (non-hydrogen) atoms. The molecule has 5 rings (SSSR count). The Labute approximate surface area is 208 Å². The smallest absolute Gasteiger partial charge is 0.227 e. The first kappa shape index (κ1) is 23.0. The molecule has 4 heterocycles. The Hall–Kier alpha value is -2.81. The van der Waals surface area contributed by atoms with E-state index in [9.17, 15) is 0 Å². The molecule has 0 atom stereocenters. The molecule has 0 bridgehead atoms. The molecule has 1 fully saturated rings. The van der Waals surface area contributed by atoms with Crippen molar-refractivity contribution in [1.82, 2.24) is 19.9 Å². The summed E-state index contributed by atoms with van der Waals surface area (Å²) in [6.45, 7) is 10.3. The number of nitrogens with one attached hydrogen (secondary N) is 1. The lowest BCUT2D eigenvalue weighted by Gasteiger charge is -2.15. The number of hydrogen-bond acceptors (Lipinski definition) is 8. The molecule has 0 radical (unpaired) electrons. The van der Waals surface area contributed by atoms with Crippen molar-refractivity contribution in [3.8, 4) is 26.1 Å². The fraction of sp³-hybridized carbons (Fsp3) is 0.346. The van der Waals surface area contributed by atoms with Crippen LogP contribution in [0.25, 0.3) is 20.3 Å². The van der Waals surface area contributed by atoms with E-state index in [-0.39, 0.29) is 0 Å². The quantitative estimate of drug-likeness (QED) is 0.305. The fourth-order valence-electron chi connectivity index (χ4n) is 4.16. The van der Waals surface area contributed by atoms with Gasteiger partial charge in [0.05, 0.1) is 26.1 Å². The molecule has 1 aliphatic heterocycles. The predicted molar refractivity (Wildman–Crippen MR) is 142 cm³/mol. The van der Waals surface area contributed by atoms with Gasteiger partial charge in [0.2, 0.25) is 5.95 Å². The third-order valence-corrected chi connectivity index (χ3v) is 8.27. The standard InChI is InChI=1S/C26H29N5OS2/c1-17-16-27-26(29-20-6-8-21(9-7-20)32-15-14-31-12-4-5-13-31)30-24(17)22-10-11-23(34-22)25-18(2)28-19(3)33-25/h6-11,16H,4-5,12-15H2,1-3H3,(H,27,29,30). The zero-order valence-electron chi connectivity index (χ0n) is 19.8. The van der Waals surface area contributed by atoms with E-state index in [2.05, 4.69) is 53.1 Å². The molecule has 0 spiro atoms. The Balaban J connectivity index is 1.25. The summed E-state index contributed by atoms with van der Waals surface area (Å²) in [5, 5.41) is 4.42. The molecule has 0 unspecified atom stereocenters. The highest BCUT2D eigenvalue weighted by Gasteiger charge is 2.14. The molecular formula is C26H29N5OS2. The topological polar surface area (TPSA) is 63.2 Å². The molecule has 0 aliphatic carbocycles. The van der Waals surface area contributed by atoms with Gasteiger partial charge in [-0.3, -0.25) is 4.90 Å². The van der Waals surface area contributed by atoms with Crippen molar-refractivity contribution in [2.45, 2.75) is 33.6 Å². The first-order chi connectivity index (χ1) is 16.5. The minimum atomic E-state index is 0.586. The van der Waals surface area contributed by atoms with Crippen LogP contribution in [0.1, 0.15) is 29.1 Å². The molecule has 8 heteroatoms. The SMILES string of the molecule is Cc1nc(C)c(-c2ccc(-c3nc(Nc4ccc(OCCN5CCCC5)cc4)ncc3C)s2)s1. The Kier molecular flexibility index (Phi) is 6.89. The third-order valence-electron chi connectivity index (χ3n) is 5.92. The van der Waals surface area contributed by atoms with E-state index in [1.807, 2.05) is 30.5 Å².